The van der Waals surface area contributed by atoms with Crippen LogP contribution in [0, 0.1) is 13.8 Å². The fraction of sp³-hybridized carbons (Fsp3) is 0.481. The highest BCUT2D eigenvalue weighted by Gasteiger charge is 2.28. The first-order valence-corrected chi connectivity index (χ1v) is 14.4. The van der Waals surface area contributed by atoms with E-state index in [2.05, 4.69) is 29.4 Å². The Bertz CT molecular complexity index is 1300. The quantitative estimate of drug-likeness (QED) is 0.269. The SMILES string of the molecule is Cc1ccc(OC(C)c2nnc(SCC(=O)Nc3sc4c(c3C(=O)OC(C)C)CCCC4)n2C)cc1C. The topological polar surface area (TPSA) is 95.3 Å². The van der Waals surface area contributed by atoms with Crippen LogP contribution in [-0.2, 0) is 29.4 Å². The van der Waals surface area contributed by atoms with Crippen molar-refractivity contribution >= 4 is 40.0 Å². The monoisotopic (exact) mass is 542 g/mol. The summed E-state index contributed by atoms with van der Waals surface area (Å²) in [6.45, 7) is 9.70. The minimum atomic E-state index is -0.368. The van der Waals surface area contributed by atoms with Gasteiger partial charge in [-0.2, -0.15) is 0 Å². The van der Waals surface area contributed by atoms with E-state index in [4.69, 9.17) is 9.47 Å². The normalized spacial score (nSPS) is 13.8. The number of nitrogens with zero attached hydrogens (tertiary/aromatic N) is 3. The number of hydrogen-bond donors (Lipinski definition) is 1. The molecule has 1 N–H and O–H groups in total. The van der Waals surface area contributed by atoms with Gasteiger partial charge >= 0.3 is 5.97 Å². The molecule has 0 bridgehead atoms. The van der Waals surface area contributed by atoms with E-state index in [0.29, 0.717) is 21.5 Å². The molecular weight excluding hydrogens is 508 g/mol. The summed E-state index contributed by atoms with van der Waals surface area (Å²) in [5, 5.41) is 12.7. The van der Waals surface area contributed by atoms with Crippen LogP contribution in [0.3, 0.4) is 0 Å². The Labute approximate surface area is 226 Å². The molecule has 0 radical (unpaired) electrons. The van der Waals surface area contributed by atoms with Crippen LogP contribution >= 0.6 is 23.1 Å². The van der Waals surface area contributed by atoms with E-state index >= 15 is 0 Å². The number of carbonyl (C=O) groups is 2. The zero-order chi connectivity index (χ0) is 26.7. The van der Waals surface area contributed by atoms with E-state index < -0.39 is 0 Å². The van der Waals surface area contributed by atoms with Crippen molar-refractivity contribution in [2.75, 3.05) is 11.1 Å². The number of benzene rings is 1. The Balaban J connectivity index is 1.41. The largest absolute Gasteiger partial charge is 0.483 e. The lowest BCUT2D eigenvalue weighted by molar-refractivity contribution is -0.113. The van der Waals surface area contributed by atoms with Crippen LogP contribution in [0.1, 0.15) is 77.5 Å². The molecule has 1 aromatic carbocycles. The van der Waals surface area contributed by atoms with Gasteiger partial charge in [-0.1, -0.05) is 17.8 Å². The third kappa shape index (κ3) is 6.35. The van der Waals surface area contributed by atoms with Gasteiger partial charge in [-0.25, -0.2) is 4.79 Å². The van der Waals surface area contributed by atoms with Crippen molar-refractivity contribution < 1.29 is 19.1 Å². The summed E-state index contributed by atoms with van der Waals surface area (Å²) in [5.41, 5.74) is 3.92. The van der Waals surface area contributed by atoms with Crippen molar-refractivity contribution in [2.24, 2.45) is 7.05 Å². The van der Waals surface area contributed by atoms with Gasteiger partial charge in [0.1, 0.15) is 10.8 Å². The lowest BCUT2D eigenvalue weighted by Crippen LogP contribution is -2.19. The van der Waals surface area contributed by atoms with Crippen molar-refractivity contribution in [1.82, 2.24) is 14.8 Å². The lowest BCUT2D eigenvalue weighted by Gasteiger charge is -2.15. The van der Waals surface area contributed by atoms with Crippen molar-refractivity contribution in [2.45, 2.75) is 77.7 Å². The Hall–Kier alpha value is -2.85. The number of thioether (sulfide) groups is 1. The molecule has 1 aliphatic rings. The predicted molar refractivity (Wildman–Crippen MR) is 147 cm³/mol. The van der Waals surface area contributed by atoms with Gasteiger partial charge in [-0.3, -0.25) is 4.79 Å². The first-order chi connectivity index (χ1) is 17.6. The van der Waals surface area contributed by atoms with Crippen LogP contribution in [-0.4, -0.2) is 38.5 Å². The fourth-order valence-electron chi connectivity index (χ4n) is 4.29. The maximum Gasteiger partial charge on any atom is 0.341 e. The number of aryl methyl sites for hydroxylation is 3. The van der Waals surface area contributed by atoms with Crippen LogP contribution in [0.4, 0.5) is 5.00 Å². The summed E-state index contributed by atoms with van der Waals surface area (Å²) in [5.74, 6) is 1.02. The van der Waals surface area contributed by atoms with Gasteiger partial charge in [0, 0.05) is 11.9 Å². The molecule has 10 heteroatoms. The number of thiophene rings is 1. The smallest absolute Gasteiger partial charge is 0.341 e. The van der Waals surface area contributed by atoms with E-state index in [9.17, 15) is 9.59 Å². The lowest BCUT2D eigenvalue weighted by atomic mass is 9.95. The third-order valence-electron chi connectivity index (χ3n) is 6.33. The van der Waals surface area contributed by atoms with Crippen molar-refractivity contribution in [3.63, 3.8) is 0 Å². The van der Waals surface area contributed by atoms with Crippen molar-refractivity contribution in [1.29, 1.82) is 0 Å². The summed E-state index contributed by atoms with van der Waals surface area (Å²) in [6.07, 6.45) is 3.36. The van der Waals surface area contributed by atoms with Gasteiger partial charge in [-0.05, 0) is 89.1 Å². The molecule has 2 aromatic heterocycles. The van der Waals surface area contributed by atoms with Crippen molar-refractivity contribution in [3.05, 3.63) is 51.2 Å². The number of carbonyl (C=O) groups excluding carboxylic acids is 2. The van der Waals surface area contributed by atoms with E-state index in [1.807, 2.05) is 50.6 Å². The summed E-state index contributed by atoms with van der Waals surface area (Å²) < 4.78 is 13.4. The van der Waals surface area contributed by atoms with Gasteiger partial charge in [0.2, 0.25) is 5.91 Å². The minimum absolute atomic E-state index is 0.138. The van der Waals surface area contributed by atoms with Gasteiger partial charge in [0.15, 0.2) is 17.1 Å². The molecule has 37 heavy (non-hydrogen) atoms. The Morgan fingerprint density at radius 2 is 1.89 bits per heavy atom. The first-order valence-electron chi connectivity index (χ1n) is 12.6. The molecule has 0 aliphatic heterocycles. The first kappa shape index (κ1) is 27.2. The standard InChI is InChI=1S/C27H34N4O4S2/c1-15(2)34-26(33)23-20-9-7-8-10-21(20)37-25(23)28-22(32)14-36-27-30-29-24(31(27)6)18(5)35-19-12-11-16(3)17(4)13-19/h11-13,15,18H,7-10,14H2,1-6H3,(H,28,32). The van der Waals surface area contributed by atoms with E-state index in [1.165, 1.54) is 33.5 Å². The Morgan fingerprint density at radius 3 is 2.62 bits per heavy atom. The number of aromatic nitrogens is 3. The number of nitrogens with one attached hydrogen (secondary N) is 1. The molecule has 1 aliphatic carbocycles. The minimum Gasteiger partial charge on any atom is -0.483 e. The molecule has 8 nitrogen and oxygen atoms in total. The molecule has 3 aromatic rings. The maximum absolute atomic E-state index is 12.9. The van der Waals surface area contributed by atoms with Crippen LogP contribution in [0.2, 0.25) is 0 Å². The summed E-state index contributed by atoms with van der Waals surface area (Å²) in [7, 11) is 1.86. The van der Waals surface area contributed by atoms with Crippen LogP contribution in [0.5, 0.6) is 5.75 Å². The second-order valence-electron chi connectivity index (χ2n) is 9.61. The van der Waals surface area contributed by atoms with E-state index in [0.717, 1.165) is 42.6 Å². The molecule has 1 amide bonds. The van der Waals surface area contributed by atoms with Gasteiger partial charge in [0.05, 0.1) is 17.4 Å². The number of amides is 1. The highest BCUT2D eigenvalue weighted by molar-refractivity contribution is 7.99. The average Bonchev–Trinajstić information content (AvgIpc) is 3.39. The highest BCUT2D eigenvalue weighted by Crippen LogP contribution is 2.39. The van der Waals surface area contributed by atoms with Crippen molar-refractivity contribution in [3.8, 4) is 5.75 Å². The van der Waals surface area contributed by atoms with Crippen LogP contribution < -0.4 is 10.1 Å². The molecule has 4 rings (SSSR count). The van der Waals surface area contributed by atoms with E-state index in [-0.39, 0.29) is 29.8 Å². The molecule has 198 valence electrons. The summed E-state index contributed by atoms with van der Waals surface area (Å²) in [4.78, 5) is 26.9. The molecule has 0 saturated carbocycles. The molecule has 2 heterocycles. The van der Waals surface area contributed by atoms with E-state index in [1.54, 1.807) is 0 Å². The molecule has 1 unspecified atom stereocenters. The maximum atomic E-state index is 12.9. The molecule has 0 saturated heterocycles. The van der Waals surface area contributed by atoms with Gasteiger partial charge in [0.25, 0.3) is 0 Å². The van der Waals surface area contributed by atoms with Gasteiger partial charge < -0.3 is 19.4 Å². The number of rotatable bonds is 9. The number of anilines is 1. The summed E-state index contributed by atoms with van der Waals surface area (Å²) in [6, 6.07) is 5.99. The number of hydrogen-bond acceptors (Lipinski definition) is 8. The highest BCUT2D eigenvalue weighted by atomic mass is 32.2. The molecule has 0 spiro atoms. The third-order valence-corrected chi connectivity index (χ3v) is 8.55. The second-order valence-corrected chi connectivity index (χ2v) is 11.7. The molecular formula is C27H34N4O4S2. The van der Waals surface area contributed by atoms with Crippen LogP contribution in [0.25, 0.3) is 0 Å². The molecule has 0 fully saturated rings. The van der Waals surface area contributed by atoms with Crippen LogP contribution in [0.15, 0.2) is 23.4 Å². The second kappa shape index (κ2) is 11.7. The predicted octanol–water partition coefficient (Wildman–Crippen LogP) is 5.81. The Kier molecular flexibility index (Phi) is 8.59. The zero-order valence-corrected chi connectivity index (χ0v) is 23.8. The number of fused-ring (bicyclic) bond motifs is 1. The fourth-order valence-corrected chi connectivity index (χ4v) is 6.30. The molecule has 1 atom stereocenters. The zero-order valence-electron chi connectivity index (χ0n) is 22.2. The number of esters is 1. The average molecular weight is 543 g/mol. The number of ether oxygens (including phenoxy) is 2. The Morgan fingerprint density at radius 1 is 1.14 bits per heavy atom. The van der Waals surface area contributed by atoms with Gasteiger partial charge in [-0.15, -0.1) is 21.5 Å². The summed E-state index contributed by atoms with van der Waals surface area (Å²) >= 11 is 2.78.